The zero-order valence-corrected chi connectivity index (χ0v) is 16.0. The van der Waals surface area contributed by atoms with Gasteiger partial charge in [0, 0.05) is 28.7 Å². The number of primary amides is 1. The molecule has 1 aromatic heterocycles. The van der Waals surface area contributed by atoms with E-state index in [1.165, 1.54) is 11.3 Å². The molecule has 0 saturated carbocycles. The highest BCUT2D eigenvalue weighted by Crippen LogP contribution is 2.35. The predicted octanol–water partition coefficient (Wildman–Crippen LogP) is 3.56. The van der Waals surface area contributed by atoms with Crippen molar-refractivity contribution < 1.29 is 9.59 Å². The summed E-state index contributed by atoms with van der Waals surface area (Å²) in [7, 11) is 0. The Morgan fingerprint density at radius 1 is 1.19 bits per heavy atom. The van der Waals surface area contributed by atoms with Gasteiger partial charge in [0.1, 0.15) is 5.00 Å². The third-order valence-corrected chi connectivity index (χ3v) is 5.91. The lowest BCUT2D eigenvalue weighted by Crippen LogP contribution is -2.26. The van der Waals surface area contributed by atoms with Crippen molar-refractivity contribution in [2.24, 2.45) is 5.73 Å². The lowest BCUT2D eigenvalue weighted by molar-refractivity contribution is 0.100. The number of nitrogens with one attached hydrogen (secondary N) is 2. The Hall–Kier alpha value is -2.09. The molecule has 3 rings (SSSR count). The number of hydrogen-bond acceptors (Lipinski definition) is 4. The molecule has 0 spiro atoms. The first-order valence-electron chi connectivity index (χ1n) is 8.48. The molecule has 1 aliphatic heterocycles. The Bertz CT molecular complexity index is 819. The summed E-state index contributed by atoms with van der Waals surface area (Å²) in [4.78, 5) is 27.8. The molecule has 3 amide bonds. The molecule has 26 heavy (non-hydrogen) atoms. The van der Waals surface area contributed by atoms with Crippen molar-refractivity contribution >= 4 is 45.6 Å². The molecule has 0 fully saturated rings. The molecule has 8 heteroatoms. The molecule has 0 unspecified atom stereocenters. The maximum Gasteiger partial charge on any atom is 0.324 e. The van der Waals surface area contributed by atoms with Crippen molar-refractivity contribution in [2.45, 2.75) is 19.8 Å². The number of carbonyl (C=O) groups is 2. The molecule has 0 saturated heterocycles. The minimum atomic E-state index is -0.505. The van der Waals surface area contributed by atoms with E-state index < -0.39 is 11.9 Å². The molecule has 6 nitrogen and oxygen atoms in total. The van der Waals surface area contributed by atoms with Gasteiger partial charge in [-0.15, -0.1) is 11.3 Å². The van der Waals surface area contributed by atoms with Gasteiger partial charge in [-0.2, -0.15) is 0 Å². The van der Waals surface area contributed by atoms with Crippen molar-refractivity contribution in [3.8, 4) is 0 Å². The van der Waals surface area contributed by atoms with Crippen LogP contribution in [0.2, 0.25) is 5.02 Å². The fourth-order valence-corrected chi connectivity index (χ4v) is 4.45. The molecular weight excluding hydrogens is 372 g/mol. The number of halogens is 1. The number of urea groups is 1. The van der Waals surface area contributed by atoms with Crippen LogP contribution in [0.4, 0.5) is 15.5 Å². The zero-order chi connectivity index (χ0) is 18.7. The van der Waals surface area contributed by atoms with E-state index in [2.05, 4.69) is 22.5 Å². The van der Waals surface area contributed by atoms with Crippen molar-refractivity contribution in [3.63, 3.8) is 0 Å². The summed E-state index contributed by atoms with van der Waals surface area (Å²) in [5, 5.41) is 6.61. The second-order valence-electron chi connectivity index (χ2n) is 6.09. The highest BCUT2D eigenvalue weighted by atomic mass is 35.5. The summed E-state index contributed by atoms with van der Waals surface area (Å²) < 4.78 is 0. The van der Waals surface area contributed by atoms with Crippen LogP contribution in [0.3, 0.4) is 0 Å². The van der Waals surface area contributed by atoms with Crippen LogP contribution >= 0.6 is 22.9 Å². The Morgan fingerprint density at radius 2 is 1.88 bits per heavy atom. The third-order valence-electron chi connectivity index (χ3n) is 4.45. The summed E-state index contributed by atoms with van der Waals surface area (Å²) >= 11 is 7.28. The van der Waals surface area contributed by atoms with E-state index in [-0.39, 0.29) is 0 Å². The van der Waals surface area contributed by atoms with E-state index in [0.29, 0.717) is 21.3 Å². The molecule has 1 aliphatic rings. The monoisotopic (exact) mass is 392 g/mol. The molecule has 1 aromatic carbocycles. The van der Waals surface area contributed by atoms with Crippen molar-refractivity contribution in [1.82, 2.24) is 4.90 Å². The van der Waals surface area contributed by atoms with Crippen LogP contribution in [-0.4, -0.2) is 36.5 Å². The van der Waals surface area contributed by atoms with E-state index >= 15 is 0 Å². The minimum absolute atomic E-state index is 0.415. The first-order chi connectivity index (χ1) is 12.5. The van der Waals surface area contributed by atoms with E-state index in [0.717, 1.165) is 42.9 Å². The standard InChI is InChI=1S/C18H21ClN4O2S/c1-2-23-9-7-13-14(8-10-23)26-17(15(13)16(20)24)22-18(25)21-12-5-3-11(19)4-6-12/h3-6H,2,7-10H2,1H3,(H2,20,24)(H2,21,22,25). The Balaban J connectivity index is 1.78. The average Bonchev–Trinajstić information content (AvgIpc) is 2.82. The lowest BCUT2D eigenvalue weighted by atomic mass is 10.1. The highest BCUT2D eigenvalue weighted by molar-refractivity contribution is 7.17. The van der Waals surface area contributed by atoms with Gasteiger partial charge >= 0.3 is 6.03 Å². The average molecular weight is 393 g/mol. The number of rotatable bonds is 4. The third kappa shape index (κ3) is 4.17. The second kappa shape index (κ2) is 8.07. The van der Waals surface area contributed by atoms with Gasteiger partial charge in [0.25, 0.3) is 5.91 Å². The number of anilines is 2. The molecule has 4 N–H and O–H groups in total. The summed E-state index contributed by atoms with van der Waals surface area (Å²) in [6, 6.07) is 6.39. The van der Waals surface area contributed by atoms with E-state index in [9.17, 15) is 9.59 Å². The summed E-state index contributed by atoms with van der Waals surface area (Å²) in [5.74, 6) is -0.505. The van der Waals surface area contributed by atoms with Gasteiger partial charge in [-0.05, 0) is 49.2 Å². The molecule has 2 aromatic rings. The van der Waals surface area contributed by atoms with Gasteiger partial charge < -0.3 is 16.0 Å². The summed E-state index contributed by atoms with van der Waals surface area (Å²) in [6.45, 7) is 4.94. The molecule has 0 aliphatic carbocycles. The maximum absolute atomic E-state index is 12.3. The Morgan fingerprint density at radius 3 is 2.54 bits per heavy atom. The first-order valence-corrected chi connectivity index (χ1v) is 9.67. The molecule has 0 radical (unpaired) electrons. The van der Waals surface area contributed by atoms with Crippen LogP contribution < -0.4 is 16.4 Å². The quantitative estimate of drug-likeness (QED) is 0.743. The highest BCUT2D eigenvalue weighted by Gasteiger charge is 2.25. The first kappa shape index (κ1) is 18.7. The number of benzene rings is 1. The van der Waals surface area contributed by atoms with Gasteiger partial charge in [-0.3, -0.25) is 10.1 Å². The number of hydrogen-bond donors (Lipinski definition) is 3. The van der Waals surface area contributed by atoms with Gasteiger partial charge in [0.2, 0.25) is 0 Å². The van der Waals surface area contributed by atoms with Crippen LogP contribution in [-0.2, 0) is 12.8 Å². The van der Waals surface area contributed by atoms with Crippen LogP contribution in [0.25, 0.3) is 0 Å². The van der Waals surface area contributed by atoms with Crippen LogP contribution in [0, 0.1) is 0 Å². The largest absolute Gasteiger partial charge is 0.365 e. The molecule has 2 heterocycles. The van der Waals surface area contributed by atoms with Crippen LogP contribution in [0.15, 0.2) is 24.3 Å². The summed E-state index contributed by atoms with van der Waals surface area (Å²) in [5.41, 5.74) is 7.64. The topological polar surface area (TPSA) is 87.5 Å². The van der Waals surface area contributed by atoms with Crippen molar-refractivity contribution in [3.05, 3.63) is 45.3 Å². The molecule has 138 valence electrons. The van der Waals surface area contributed by atoms with Gasteiger partial charge in [0.05, 0.1) is 5.56 Å². The Kier molecular flexibility index (Phi) is 5.80. The number of nitrogens with two attached hydrogens (primary N) is 1. The molecule has 0 bridgehead atoms. The SMILES string of the molecule is CCN1CCc2sc(NC(=O)Nc3ccc(Cl)cc3)c(C(N)=O)c2CC1. The number of fused-ring (bicyclic) bond motifs is 1. The fourth-order valence-electron chi connectivity index (χ4n) is 3.08. The Labute approximate surface area is 161 Å². The van der Waals surface area contributed by atoms with Gasteiger partial charge in [-0.1, -0.05) is 18.5 Å². The van der Waals surface area contributed by atoms with Crippen LogP contribution in [0.5, 0.6) is 0 Å². The van der Waals surface area contributed by atoms with E-state index in [1.807, 2.05) is 0 Å². The van der Waals surface area contributed by atoms with Crippen molar-refractivity contribution in [2.75, 3.05) is 30.3 Å². The van der Waals surface area contributed by atoms with Gasteiger partial charge in [-0.25, -0.2) is 4.79 Å². The fraction of sp³-hybridized carbons (Fsp3) is 0.333. The van der Waals surface area contributed by atoms with E-state index in [4.69, 9.17) is 17.3 Å². The number of carbonyl (C=O) groups excluding carboxylic acids is 2. The number of likely N-dealkylation sites (N-methyl/N-ethyl adjacent to an activating group) is 1. The molecular formula is C18H21ClN4O2S. The number of nitrogens with zero attached hydrogens (tertiary/aromatic N) is 1. The van der Waals surface area contributed by atoms with Gasteiger partial charge in [0.15, 0.2) is 0 Å². The summed E-state index contributed by atoms with van der Waals surface area (Å²) in [6.07, 6.45) is 1.62. The second-order valence-corrected chi connectivity index (χ2v) is 7.63. The molecule has 0 atom stereocenters. The normalized spacial score (nSPS) is 14.4. The number of amides is 3. The smallest absolute Gasteiger partial charge is 0.324 e. The zero-order valence-electron chi connectivity index (χ0n) is 14.5. The minimum Gasteiger partial charge on any atom is -0.365 e. The van der Waals surface area contributed by atoms with Crippen LogP contribution in [0.1, 0.15) is 27.7 Å². The maximum atomic E-state index is 12.3. The lowest BCUT2D eigenvalue weighted by Gasteiger charge is -2.16. The van der Waals surface area contributed by atoms with Crippen molar-refractivity contribution in [1.29, 1.82) is 0 Å². The van der Waals surface area contributed by atoms with E-state index in [1.54, 1.807) is 24.3 Å². The predicted molar refractivity (Wildman–Crippen MR) is 106 cm³/mol. The number of thiophene rings is 1.